The lowest BCUT2D eigenvalue weighted by atomic mass is 10.0. The molecule has 4 heteroatoms. The monoisotopic (exact) mass is 307 g/mol. The molecule has 1 aliphatic heterocycles. The maximum absolute atomic E-state index is 6.31. The third-order valence-corrected chi connectivity index (χ3v) is 5.41. The van der Waals surface area contributed by atoms with Gasteiger partial charge in [-0.3, -0.25) is 4.90 Å². The Balaban J connectivity index is 1.52. The van der Waals surface area contributed by atoms with Gasteiger partial charge in [0.2, 0.25) is 0 Å². The van der Waals surface area contributed by atoms with Crippen LogP contribution in [0.15, 0.2) is 24.3 Å². The van der Waals surface area contributed by atoms with Gasteiger partial charge in [-0.25, -0.2) is 0 Å². The molecule has 1 aromatic carbocycles. The Morgan fingerprint density at radius 2 is 1.90 bits per heavy atom. The van der Waals surface area contributed by atoms with Crippen molar-refractivity contribution in [2.24, 2.45) is 5.92 Å². The number of para-hydroxylation sites is 1. The number of hydrogen-bond donors (Lipinski definition) is 1. The second-order valence-electron chi connectivity index (χ2n) is 6.33. The van der Waals surface area contributed by atoms with E-state index in [9.17, 15) is 0 Å². The van der Waals surface area contributed by atoms with Crippen LogP contribution in [0.3, 0.4) is 0 Å². The zero-order chi connectivity index (χ0) is 14.7. The smallest absolute Gasteiger partial charge is 0.0639 e. The average molecular weight is 308 g/mol. The number of anilines is 1. The molecule has 116 valence electrons. The molecule has 1 saturated carbocycles. The lowest BCUT2D eigenvalue weighted by Gasteiger charge is -2.38. The van der Waals surface area contributed by atoms with Gasteiger partial charge in [0, 0.05) is 38.8 Å². The van der Waals surface area contributed by atoms with Crippen LogP contribution in [-0.2, 0) is 0 Å². The van der Waals surface area contributed by atoms with Gasteiger partial charge < -0.3 is 10.2 Å². The minimum Gasteiger partial charge on any atom is -0.368 e. The van der Waals surface area contributed by atoms with Crippen LogP contribution in [0.25, 0.3) is 0 Å². The summed E-state index contributed by atoms with van der Waals surface area (Å²) in [5, 5.41) is 4.36. The highest BCUT2D eigenvalue weighted by Gasteiger charge is 2.29. The van der Waals surface area contributed by atoms with Gasteiger partial charge in [-0.15, -0.1) is 0 Å². The number of benzene rings is 1. The van der Waals surface area contributed by atoms with Crippen LogP contribution in [0.1, 0.15) is 19.3 Å². The third kappa shape index (κ3) is 3.53. The second-order valence-corrected chi connectivity index (χ2v) is 6.73. The van der Waals surface area contributed by atoms with E-state index >= 15 is 0 Å². The van der Waals surface area contributed by atoms with Crippen molar-refractivity contribution in [3.8, 4) is 0 Å². The Labute approximate surface area is 133 Å². The fourth-order valence-electron chi connectivity index (χ4n) is 3.85. The fourth-order valence-corrected chi connectivity index (χ4v) is 4.10. The van der Waals surface area contributed by atoms with Crippen LogP contribution in [0, 0.1) is 5.92 Å². The van der Waals surface area contributed by atoms with Crippen LogP contribution < -0.4 is 10.2 Å². The van der Waals surface area contributed by atoms with Gasteiger partial charge in [0.15, 0.2) is 0 Å². The summed E-state index contributed by atoms with van der Waals surface area (Å²) >= 11 is 6.31. The molecule has 0 spiro atoms. The molecule has 2 fully saturated rings. The number of halogens is 1. The molecule has 1 aromatic rings. The lowest BCUT2D eigenvalue weighted by Crippen LogP contribution is -2.49. The second kappa shape index (κ2) is 6.99. The van der Waals surface area contributed by atoms with E-state index in [0.717, 1.165) is 43.2 Å². The molecule has 1 N–H and O–H groups in total. The van der Waals surface area contributed by atoms with Gasteiger partial charge in [-0.1, -0.05) is 30.2 Å². The Kier molecular flexibility index (Phi) is 5.04. The maximum Gasteiger partial charge on any atom is 0.0639 e. The number of piperazine rings is 1. The van der Waals surface area contributed by atoms with E-state index in [1.54, 1.807) is 0 Å². The Hall–Kier alpha value is -0.770. The summed E-state index contributed by atoms with van der Waals surface area (Å²) in [4.78, 5) is 5.05. The molecule has 3 nitrogen and oxygen atoms in total. The van der Waals surface area contributed by atoms with E-state index in [2.05, 4.69) is 34.3 Å². The summed E-state index contributed by atoms with van der Waals surface area (Å²) in [5.41, 5.74) is 1.19. The van der Waals surface area contributed by atoms with Crippen LogP contribution >= 0.6 is 11.6 Å². The highest BCUT2D eigenvalue weighted by atomic mass is 35.5. The van der Waals surface area contributed by atoms with Crippen molar-refractivity contribution in [2.75, 3.05) is 44.7 Å². The Morgan fingerprint density at radius 1 is 1.14 bits per heavy atom. The van der Waals surface area contributed by atoms with Crippen molar-refractivity contribution in [1.29, 1.82) is 0 Å². The summed E-state index contributed by atoms with van der Waals surface area (Å²) < 4.78 is 0. The largest absolute Gasteiger partial charge is 0.368 e. The van der Waals surface area contributed by atoms with Gasteiger partial charge in [0.25, 0.3) is 0 Å². The van der Waals surface area contributed by atoms with Gasteiger partial charge in [-0.05, 0) is 37.9 Å². The van der Waals surface area contributed by atoms with Gasteiger partial charge in [0.1, 0.15) is 0 Å². The predicted octanol–water partition coefficient (Wildman–Crippen LogP) is 2.85. The predicted molar refractivity (Wildman–Crippen MR) is 90.3 cm³/mol. The molecule has 3 rings (SSSR count). The molecule has 2 aliphatic rings. The van der Waals surface area contributed by atoms with Gasteiger partial charge >= 0.3 is 0 Å². The Morgan fingerprint density at radius 3 is 2.62 bits per heavy atom. The zero-order valence-corrected chi connectivity index (χ0v) is 13.6. The van der Waals surface area contributed by atoms with Crippen molar-refractivity contribution in [3.63, 3.8) is 0 Å². The molecule has 1 saturated heterocycles. The summed E-state index contributed by atoms with van der Waals surface area (Å²) in [5.74, 6) is 0.835. The van der Waals surface area contributed by atoms with E-state index in [1.165, 1.54) is 31.5 Å². The highest BCUT2D eigenvalue weighted by molar-refractivity contribution is 6.33. The molecule has 2 atom stereocenters. The number of hydrogen-bond acceptors (Lipinski definition) is 3. The van der Waals surface area contributed by atoms with Crippen molar-refractivity contribution in [1.82, 2.24) is 10.2 Å². The Bertz CT molecular complexity index is 457. The first-order valence-corrected chi connectivity index (χ1v) is 8.55. The first-order valence-electron chi connectivity index (χ1n) is 8.17. The standard InChI is InChI=1S/C17H26ClN3/c1-19-16-7-4-5-14(16)13-20-9-11-21(12-10-20)17-8-3-2-6-15(17)18/h2-3,6,8,14,16,19H,4-5,7,9-13H2,1H3. The first-order chi connectivity index (χ1) is 10.3. The number of nitrogens with zero attached hydrogens (tertiary/aromatic N) is 2. The molecule has 0 amide bonds. The molecule has 2 unspecified atom stereocenters. The normalized spacial score (nSPS) is 27.2. The summed E-state index contributed by atoms with van der Waals surface area (Å²) in [6, 6.07) is 8.92. The molecule has 1 heterocycles. The molecule has 0 radical (unpaired) electrons. The van der Waals surface area contributed by atoms with Crippen LogP contribution in [0.4, 0.5) is 5.69 Å². The molecule has 0 aromatic heterocycles. The zero-order valence-electron chi connectivity index (χ0n) is 12.9. The van der Waals surface area contributed by atoms with E-state index in [4.69, 9.17) is 11.6 Å². The van der Waals surface area contributed by atoms with E-state index in [0.29, 0.717) is 0 Å². The van der Waals surface area contributed by atoms with Gasteiger partial charge in [-0.2, -0.15) is 0 Å². The minimum absolute atomic E-state index is 0.728. The number of rotatable bonds is 4. The van der Waals surface area contributed by atoms with Crippen LogP contribution in [-0.4, -0.2) is 50.7 Å². The molecule has 0 bridgehead atoms. The van der Waals surface area contributed by atoms with Gasteiger partial charge in [0.05, 0.1) is 10.7 Å². The molecule has 21 heavy (non-hydrogen) atoms. The number of nitrogens with one attached hydrogen (secondary N) is 1. The van der Waals surface area contributed by atoms with Crippen molar-refractivity contribution >= 4 is 17.3 Å². The third-order valence-electron chi connectivity index (χ3n) is 5.09. The van der Waals surface area contributed by atoms with E-state index < -0.39 is 0 Å². The minimum atomic E-state index is 0.728. The van der Waals surface area contributed by atoms with Crippen molar-refractivity contribution in [3.05, 3.63) is 29.3 Å². The maximum atomic E-state index is 6.31. The fraction of sp³-hybridized carbons (Fsp3) is 0.647. The van der Waals surface area contributed by atoms with Crippen molar-refractivity contribution in [2.45, 2.75) is 25.3 Å². The SMILES string of the molecule is CNC1CCCC1CN1CCN(c2ccccc2Cl)CC1. The van der Waals surface area contributed by atoms with Crippen molar-refractivity contribution < 1.29 is 0 Å². The van der Waals surface area contributed by atoms with Crippen LogP contribution in [0.2, 0.25) is 5.02 Å². The summed E-state index contributed by atoms with van der Waals surface area (Å²) in [6.45, 7) is 5.72. The lowest BCUT2D eigenvalue weighted by molar-refractivity contribution is 0.206. The molecular formula is C17H26ClN3. The van der Waals surface area contributed by atoms with E-state index in [1.807, 2.05) is 12.1 Å². The summed E-state index contributed by atoms with van der Waals surface area (Å²) in [6.07, 6.45) is 4.12. The molecular weight excluding hydrogens is 282 g/mol. The highest BCUT2D eigenvalue weighted by Crippen LogP contribution is 2.28. The van der Waals surface area contributed by atoms with Crippen LogP contribution in [0.5, 0.6) is 0 Å². The average Bonchev–Trinajstić information content (AvgIpc) is 2.96. The topological polar surface area (TPSA) is 18.5 Å². The molecule has 1 aliphatic carbocycles. The quantitative estimate of drug-likeness (QED) is 0.923. The van der Waals surface area contributed by atoms with E-state index in [-0.39, 0.29) is 0 Å². The first kappa shape index (κ1) is 15.1. The summed E-state index contributed by atoms with van der Waals surface area (Å²) in [7, 11) is 2.11.